The van der Waals surface area contributed by atoms with Crippen LogP contribution in [0.25, 0.3) is 0 Å². The lowest BCUT2D eigenvalue weighted by molar-refractivity contribution is -0.119. The van der Waals surface area contributed by atoms with Crippen LogP contribution in [-0.2, 0) is 9.53 Å². The summed E-state index contributed by atoms with van der Waals surface area (Å²) in [4.78, 5) is 23.6. The second kappa shape index (κ2) is 7.70. The van der Waals surface area contributed by atoms with Crippen LogP contribution in [0, 0.1) is 12.7 Å². The van der Waals surface area contributed by atoms with Crippen molar-refractivity contribution in [2.75, 3.05) is 11.9 Å². The number of carbonyl (C=O) groups excluding carboxylic acids is 2. The summed E-state index contributed by atoms with van der Waals surface area (Å²) < 4.78 is 19.1. The van der Waals surface area contributed by atoms with Crippen LogP contribution in [0.4, 0.5) is 10.1 Å². The van der Waals surface area contributed by atoms with E-state index in [4.69, 9.17) is 4.74 Å². The van der Waals surface area contributed by atoms with Gasteiger partial charge in [-0.1, -0.05) is 0 Å². The first-order chi connectivity index (χ1) is 10.9. The van der Waals surface area contributed by atoms with Crippen LogP contribution in [0.1, 0.15) is 15.9 Å². The van der Waals surface area contributed by atoms with Gasteiger partial charge in [-0.2, -0.15) is 0 Å². The highest BCUT2D eigenvalue weighted by atomic mass is 79.9. The van der Waals surface area contributed by atoms with Crippen LogP contribution in [0.2, 0.25) is 0 Å². The Hall–Kier alpha value is -1.73. The number of aryl methyl sites for hydroxylation is 1. The highest BCUT2D eigenvalue weighted by molar-refractivity contribution is 9.11. The van der Waals surface area contributed by atoms with Gasteiger partial charge in [0.25, 0.3) is 5.91 Å². The van der Waals surface area contributed by atoms with Crippen LogP contribution in [0.5, 0.6) is 0 Å². The third kappa shape index (κ3) is 4.87. The Morgan fingerprint density at radius 1 is 1.13 bits per heavy atom. The molecule has 2 aromatic rings. The van der Waals surface area contributed by atoms with E-state index in [0.29, 0.717) is 14.6 Å². The monoisotopic (exact) mass is 443 g/mol. The number of hydrogen-bond acceptors (Lipinski definition) is 3. The van der Waals surface area contributed by atoms with Crippen molar-refractivity contribution < 1.29 is 18.7 Å². The van der Waals surface area contributed by atoms with Gasteiger partial charge in [0.15, 0.2) is 6.61 Å². The Kier molecular flexibility index (Phi) is 5.90. The summed E-state index contributed by atoms with van der Waals surface area (Å²) in [5.74, 6) is -1.62. The van der Waals surface area contributed by atoms with Gasteiger partial charge in [0.2, 0.25) is 0 Å². The molecule has 0 bridgehead atoms. The molecule has 0 unspecified atom stereocenters. The number of carbonyl (C=O) groups is 2. The molecule has 0 aromatic heterocycles. The predicted molar refractivity (Wildman–Crippen MR) is 91.9 cm³/mol. The van der Waals surface area contributed by atoms with Crippen molar-refractivity contribution in [3.8, 4) is 0 Å². The lowest BCUT2D eigenvalue weighted by Crippen LogP contribution is -2.21. The topological polar surface area (TPSA) is 55.4 Å². The minimum absolute atomic E-state index is 0.178. The van der Waals surface area contributed by atoms with E-state index in [2.05, 4.69) is 37.2 Å². The van der Waals surface area contributed by atoms with Gasteiger partial charge < -0.3 is 10.1 Å². The molecule has 23 heavy (non-hydrogen) atoms. The fourth-order valence-electron chi connectivity index (χ4n) is 1.80. The molecule has 0 saturated carbocycles. The molecule has 0 atom stereocenters. The smallest absolute Gasteiger partial charge is 0.338 e. The summed E-state index contributed by atoms with van der Waals surface area (Å²) >= 11 is 6.72. The molecule has 0 saturated heterocycles. The standard InChI is InChI=1S/C16H12Br2FNO3/c1-9-6-12(17)15(13(18)7-9)20-14(21)8-23-16(22)10-2-4-11(19)5-3-10/h2-7H,8H2,1H3,(H,20,21). The second-order valence-corrected chi connectivity index (χ2v) is 6.44. The van der Waals surface area contributed by atoms with Crippen molar-refractivity contribution in [1.29, 1.82) is 0 Å². The largest absolute Gasteiger partial charge is 0.452 e. The van der Waals surface area contributed by atoms with Gasteiger partial charge in [0.1, 0.15) is 5.82 Å². The summed E-state index contributed by atoms with van der Waals surface area (Å²) in [5.41, 5.74) is 1.75. The molecule has 4 nitrogen and oxygen atoms in total. The molecule has 0 aliphatic carbocycles. The quantitative estimate of drug-likeness (QED) is 0.708. The van der Waals surface area contributed by atoms with E-state index in [9.17, 15) is 14.0 Å². The number of halogens is 3. The van der Waals surface area contributed by atoms with Crippen LogP contribution in [0.15, 0.2) is 45.3 Å². The van der Waals surface area contributed by atoms with E-state index >= 15 is 0 Å². The molecule has 0 aliphatic heterocycles. The van der Waals surface area contributed by atoms with Gasteiger partial charge in [0.05, 0.1) is 11.3 Å². The van der Waals surface area contributed by atoms with Crippen molar-refractivity contribution in [2.24, 2.45) is 0 Å². The van der Waals surface area contributed by atoms with E-state index in [-0.39, 0.29) is 5.56 Å². The summed E-state index contributed by atoms with van der Waals surface area (Å²) in [6.45, 7) is 1.48. The van der Waals surface area contributed by atoms with Crippen LogP contribution in [0.3, 0.4) is 0 Å². The highest BCUT2D eigenvalue weighted by Crippen LogP contribution is 2.32. The van der Waals surface area contributed by atoms with Gasteiger partial charge in [-0.15, -0.1) is 0 Å². The normalized spacial score (nSPS) is 10.3. The van der Waals surface area contributed by atoms with E-state index in [1.54, 1.807) is 0 Å². The summed E-state index contributed by atoms with van der Waals surface area (Å²) in [6, 6.07) is 8.59. The molecule has 0 aliphatic rings. The van der Waals surface area contributed by atoms with Crippen molar-refractivity contribution in [1.82, 2.24) is 0 Å². The molecule has 2 rings (SSSR count). The molecular formula is C16H12Br2FNO3. The molecule has 7 heteroatoms. The Bertz CT molecular complexity index is 724. The average molecular weight is 445 g/mol. The summed E-state index contributed by atoms with van der Waals surface area (Å²) in [5, 5.41) is 2.65. The SMILES string of the molecule is Cc1cc(Br)c(NC(=O)COC(=O)c2ccc(F)cc2)c(Br)c1. The summed E-state index contributed by atoms with van der Waals surface area (Å²) in [7, 11) is 0. The van der Waals surface area contributed by atoms with Gasteiger partial charge in [0, 0.05) is 8.95 Å². The molecule has 1 N–H and O–H groups in total. The minimum Gasteiger partial charge on any atom is -0.452 e. The fourth-order valence-corrected chi connectivity index (χ4v) is 3.41. The van der Waals surface area contributed by atoms with Crippen molar-refractivity contribution in [3.05, 3.63) is 62.3 Å². The maximum Gasteiger partial charge on any atom is 0.338 e. The van der Waals surface area contributed by atoms with Gasteiger partial charge in [-0.25, -0.2) is 9.18 Å². The third-order valence-corrected chi connectivity index (χ3v) is 4.12. The average Bonchev–Trinajstić information content (AvgIpc) is 2.49. The Morgan fingerprint density at radius 3 is 2.26 bits per heavy atom. The number of amides is 1. The molecule has 120 valence electrons. The molecule has 1 amide bonds. The van der Waals surface area contributed by atoms with Gasteiger partial charge >= 0.3 is 5.97 Å². The van der Waals surface area contributed by atoms with E-state index in [0.717, 1.165) is 17.7 Å². The zero-order valence-corrected chi connectivity index (χ0v) is 15.2. The zero-order valence-electron chi connectivity index (χ0n) is 12.0. The highest BCUT2D eigenvalue weighted by Gasteiger charge is 2.13. The summed E-state index contributed by atoms with van der Waals surface area (Å²) in [6.07, 6.45) is 0. The molecule has 0 heterocycles. The molecule has 0 fully saturated rings. The second-order valence-electron chi connectivity index (χ2n) is 4.73. The predicted octanol–water partition coefficient (Wildman–Crippen LogP) is 4.45. The van der Waals surface area contributed by atoms with Crippen LogP contribution < -0.4 is 5.32 Å². The first kappa shape index (κ1) is 17.6. The lowest BCUT2D eigenvalue weighted by Gasteiger charge is -2.11. The molecule has 2 aromatic carbocycles. The Morgan fingerprint density at radius 2 is 1.70 bits per heavy atom. The number of hydrogen-bond donors (Lipinski definition) is 1. The zero-order chi connectivity index (χ0) is 17.0. The van der Waals surface area contributed by atoms with E-state index in [1.807, 2.05) is 19.1 Å². The van der Waals surface area contributed by atoms with Crippen LogP contribution in [-0.4, -0.2) is 18.5 Å². The van der Waals surface area contributed by atoms with E-state index in [1.165, 1.54) is 12.1 Å². The molecular weight excluding hydrogens is 433 g/mol. The van der Waals surface area contributed by atoms with Crippen LogP contribution >= 0.6 is 31.9 Å². The number of esters is 1. The third-order valence-electron chi connectivity index (χ3n) is 2.87. The van der Waals surface area contributed by atoms with Gasteiger partial charge in [-0.3, -0.25) is 4.79 Å². The van der Waals surface area contributed by atoms with Crippen molar-refractivity contribution in [2.45, 2.75) is 6.92 Å². The Labute approximate surface area is 149 Å². The number of nitrogens with one attached hydrogen (secondary N) is 1. The number of benzene rings is 2. The van der Waals surface area contributed by atoms with E-state index < -0.39 is 24.3 Å². The maximum atomic E-state index is 12.8. The van der Waals surface area contributed by atoms with Gasteiger partial charge in [-0.05, 0) is 80.7 Å². The van der Waals surface area contributed by atoms with Crippen molar-refractivity contribution in [3.63, 3.8) is 0 Å². The fraction of sp³-hybridized carbons (Fsp3) is 0.125. The first-order valence-electron chi connectivity index (χ1n) is 6.55. The lowest BCUT2D eigenvalue weighted by atomic mass is 10.2. The minimum atomic E-state index is -0.692. The number of rotatable bonds is 4. The molecule has 0 spiro atoms. The maximum absolute atomic E-state index is 12.8. The number of anilines is 1. The molecule has 0 radical (unpaired) electrons. The Balaban J connectivity index is 1.95. The van der Waals surface area contributed by atoms with Crippen molar-refractivity contribution >= 4 is 49.4 Å². The first-order valence-corrected chi connectivity index (χ1v) is 8.13. The number of ether oxygens (including phenoxy) is 1.